The van der Waals surface area contributed by atoms with Gasteiger partial charge in [0, 0.05) is 17.2 Å². The van der Waals surface area contributed by atoms with Crippen molar-refractivity contribution >= 4 is 5.97 Å². The molecule has 0 spiro atoms. The van der Waals surface area contributed by atoms with E-state index in [1.165, 1.54) is 11.1 Å². The molecule has 0 saturated heterocycles. The molecule has 0 N–H and O–H groups in total. The maximum atomic E-state index is 12.8. The molecule has 1 aromatic carbocycles. The zero-order chi connectivity index (χ0) is 19.3. The summed E-state index contributed by atoms with van der Waals surface area (Å²) < 4.78 is 6.01. The lowest BCUT2D eigenvalue weighted by atomic mass is 9.78. The molecule has 1 saturated carbocycles. The van der Waals surface area contributed by atoms with Gasteiger partial charge in [0.25, 0.3) is 0 Å². The average molecular weight is 353 g/mol. The molecular formula is C24H32O2. The SMILES string of the molecule is Cc1cc(C(C)(C)C)c(OC(=O)/C=C2/CC3C=CC2C3)c(C(C)(C)C)c1. The van der Waals surface area contributed by atoms with Crippen molar-refractivity contribution in [2.45, 2.75) is 72.1 Å². The Morgan fingerprint density at radius 2 is 1.62 bits per heavy atom. The largest absolute Gasteiger partial charge is 0.423 e. The fourth-order valence-electron chi connectivity index (χ4n) is 4.10. The lowest BCUT2D eigenvalue weighted by Crippen LogP contribution is -2.22. The summed E-state index contributed by atoms with van der Waals surface area (Å²) in [6.45, 7) is 15.1. The van der Waals surface area contributed by atoms with E-state index in [-0.39, 0.29) is 16.8 Å². The number of rotatable bonds is 2. The summed E-state index contributed by atoms with van der Waals surface area (Å²) in [6.07, 6.45) is 8.42. The minimum Gasteiger partial charge on any atom is -0.423 e. The molecule has 2 aliphatic rings. The predicted molar refractivity (Wildman–Crippen MR) is 108 cm³/mol. The molecule has 1 fully saturated rings. The van der Waals surface area contributed by atoms with Gasteiger partial charge < -0.3 is 4.74 Å². The Morgan fingerprint density at radius 1 is 1.04 bits per heavy atom. The van der Waals surface area contributed by atoms with E-state index >= 15 is 0 Å². The van der Waals surface area contributed by atoms with Crippen LogP contribution in [0.25, 0.3) is 0 Å². The van der Waals surface area contributed by atoms with Gasteiger partial charge in [-0.25, -0.2) is 4.79 Å². The van der Waals surface area contributed by atoms with Gasteiger partial charge in [-0.1, -0.05) is 77.0 Å². The van der Waals surface area contributed by atoms with Crippen LogP contribution in [0.1, 0.15) is 71.1 Å². The highest BCUT2D eigenvalue weighted by molar-refractivity contribution is 5.86. The molecule has 0 radical (unpaired) electrons. The van der Waals surface area contributed by atoms with Gasteiger partial charge in [0.15, 0.2) is 0 Å². The van der Waals surface area contributed by atoms with Crippen LogP contribution in [-0.4, -0.2) is 5.97 Å². The van der Waals surface area contributed by atoms with Gasteiger partial charge in [-0.15, -0.1) is 0 Å². The van der Waals surface area contributed by atoms with E-state index < -0.39 is 0 Å². The van der Waals surface area contributed by atoms with Crippen molar-refractivity contribution in [3.63, 3.8) is 0 Å². The number of esters is 1. The summed E-state index contributed by atoms with van der Waals surface area (Å²) >= 11 is 0. The highest BCUT2D eigenvalue weighted by Crippen LogP contribution is 2.44. The van der Waals surface area contributed by atoms with E-state index in [1.54, 1.807) is 6.08 Å². The van der Waals surface area contributed by atoms with Crippen LogP contribution in [0.2, 0.25) is 0 Å². The number of fused-ring (bicyclic) bond motifs is 2. The van der Waals surface area contributed by atoms with Crippen LogP contribution in [0.3, 0.4) is 0 Å². The first kappa shape index (κ1) is 18.9. The maximum absolute atomic E-state index is 12.8. The molecular weight excluding hydrogens is 320 g/mol. The van der Waals surface area contributed by atoms with Gasteiger partial charge in [-0.2, -0.15) is 0 Å². The molecule has 0 amide bonds. The molecule has 3 rings (SSSR count). The Morgan fingerprint density at radius 3 is 2.04 bits per heavy atom. The van der Waals surface area contributed by atoms with Gasteiger partial charge in [-0.3, -0.25) is 0 Å². The fraction of sp³-hybridized carbons (Fsp3) is 0.542. The Hall–Kier alpha value is -1.83. The molecule has 2 nitrogen and oxygen atoms in total. The van der Waals surface area contributed by atoms with Crippen LogP contribution in [0.4, 0.5) is 0 Å². The van der Waals surface area contributed by atoms with Crippen molar-refractivity contribution < 1.29 is 9.53 Å². The van der Waals surface area contributed by atoms with Crippen LogP contribution in [-0.2, 0) is 15.6 Å². The summed E-state index contributed by atoms with van der Waals surface area (Å²) in [4.78, 5) is 12.8. The molecule has 2 heteroatoms. The highest BCUT2D eigenvalue weighted by atomic mass is 16.5. The summed E-state index contributed by atoms with van der Waals surface area (Å²) in [7, 11) is 0. The van der Waals surface area contributed by atoms with E-state index in [1.807, 2.05) is 0 Å². The van der Waals surface area contributed by atoms with Crippen LogP contribution in [0, 0.1) is 18.8 Å². The third-order valence-corrected chi connectivity index (χ3v) is 5.50. The molecule has 2 bridgehead atoms. The van der Waals surface area contributed by atoms with E-state index in [9.17, 15) is 4.79 Å². The van der Waals surface area contributed by atoms with Gasteiger partial charge in [0.05, 0.1) is 0 Å². The first-order valence-electron chi connectivity index (χ1n) is 9.71. The Bertz CT molecular complexity index is 746. The van der Waals surface area contributed by atoms with Gasteiger partial charge >= 0.3 is 5.97 Å². The lowest BCUT2D eigenvalue weighted by Gasteiger charge is -2.29. The van der Waals surface area contributed by atoms with Crippen LogP contribution < -0.4 is 4.74 Å². The van der Waals surface area contributed by atoms with Crippen LogP contribution in [0.15, 0.2) is 35.9 Å². The van der Waals surface area contributed by atoms with Gasteiger partial charge in [0.1, 0.15) is 5.75 Å². The number of hydrogen-bond donors (Lipinski definition) is 0. The third-order valence-electron chi connectivity index (χ3n) is 5.50. The topological polar surface area (TPSA) is 26.3 Å². The van der Waals surface area contributed by atoms with Crippen molar-refractivity contribution in [3.8, 4) is 5.75 Å². The number of allylic oxidation sites excluding steroid dienone is 3. The second kappa shape index (κ2) is 6.40. The number of aryl methyl sites for hydroxylation is 1. The lowest BCUT2D eigenvalue weighted by molar-refractivity contribution is -0.129. The second-order valence-corrected chi connectivity index (χ2v) is 10.0. The molecule has 0 aromatic heterocycles. The zero-order valence-corrected chi connectivity index (χ0v) is 17.3. The van der Waals surface area contributed by atoms with Crippen molar-refractivity contribution in [1.82, 2.24) is 0 Å². The van der Waals surface area contributed by atoms with E-state index in [4.69, 9.17) is 4.74 Å². The summed E-state index contributed by atoms with van der Waals surface area (Å²) in [5.41, 5.74) is 4.44. The number of carbonyl (C=O) groups excluding carboxylic acids is 1. The average Bonchev–Trinajstić information content (AvgIpc) is 3.09. The quantitative estimate of drug-likeness (QED) is 0.282. The summed E-state index contributed by atoms with van der Waals surface area (Å²) in [5, 5.41) is 0. The van der Waals surface area contributed by atoms with E-state index in [0.717, 1.165) is 29.7 Å². The Labute approximate surface area is 158 Å². The Kier molecular flexibility index (Phi) is 4.67. The molecule has 2 unspecified atom stereocenters. The zero-order valence-electron chi connectivity index (χ0n) is 17.3. The number of benzene rings is 1. The highest BCUT2D eigenvalue weighted by Gasteiger charge is 2.32. The monoisotopic (exact) mass is 352 g/mol. The first-order valence-corrected chi connectivity index (χ1v) is 9.71. The molecule has 0 aliphatic heterocycles. The second-order valence-electron chi connectivity index (χ2n) is 10.0. The minimum atomic E-state index is -0.235. The summed E-state index contributed by atoms with van der Waals surface area (Å²) in [6, 6.07) is 4.32. The maximum Gasteiger partial charge on any atom is 0.336 e. The van der Waals surface area contributed by atoms with Crippen molar-refractivity contribution in [3.05, 3.63) is 52.6 Å². The summed E-state index contributed by atoms with van der Waals surface area (Å²) in [5.74, 6) is 1.57. The normalized spacial score (nSPS) is 23.7. The van der Waals surface area contributed by atoms with Crippen molar-refractivity contribution in [1.29, 1.82) is 0 Å². The van der Waals surface area contributed by atoms with E-state index in [0.29, 0.717) is 11.8 Å². The molecule has 2 aliphatic carbocycles. The molecule has 1 aromatic rings. The standard InChI is InChI=1S/C24H32O2/c1-15-10-19(23(2,3)4)22(20(11-15)24(5,6)7)26-21(25)14-18-13-16-8-9-17(18)12-16/h8-11,14,16-17H,12-13H2,1-7H3/b18-14-. The van der Waals surface area contributed by atoms with Gasteiger partial charge in [-0.05, 0) is 42.4 Å². The predicted octanol–water partition coefficient (Wildman–Crippen LogP) is 6.02. The number of hydrogen-bond acceptors (Lipinski definition) is 2. The van der Waals surface area contributed by atoms with Crippen molar-refractivity contribution in [2.24, 2.45) is 11.8 Å². The molecule has 0 heterocycles. The molecule has 2 atom stereocenters. The number of carbonyl (C=O) groups is 1. The third kappa shape index (κ3) is 3.79. The smallest absolute Gasteiger partial charge is 0.336 e. The van der Waals surface area contributed by atoms with Crippen LogP contribution in [0.5, 0.6) is 5.75 Å². The first-order chi connectivity index (χ1) is 11.9. The Balaban J connectivity index is 1.99. The molecule has 140 valence electrons. The fourth-order valence-corrected chi connectivity index (χ4v) is 4.10. The van der Waals surface area contributed by atoms with Crippen molar-refractivity contribution in [2.75, 3.05) is 0 Å². The minimum absolute atomic E-state index is 0.0933. The molecule has 26 heavy (non-hydrogen) atoms. The van der Waals surface area contributed by atoms with E-state index in [2.05, 4.69) is 72.8 Å². The number of ether oxygens (including phenoxy) is 1. The van der Waals surface area contributed by atoms with Gasteiger partial charge in [0.2, 0.25) is 0 Å². The van der Waals surface area contributed by atoms with Crippen LogP contribution >= 0.6 is 0 Å².